The molecule has 2 heterocycles. The van der Waals surface area contributed by atoms with E-state index in [0.29, 0.717) is 51.9 Å². The van der Waals surface area contributed by atoms with Crippen molar-refractivity contribution < 1.29 is 33.1 Å². The zero-order valence-corrected chi connectivity index (χ0v) is 18.9. The van der Waals surface area contributed by atoms with E-state index in [1.165, 1.54) is 14.2 Å². The number of ketones is 1. The molecule has 0 saturated carbocycles. The standard InChI is InChI=1S/C24H20ClNO7/c1-13-17(31-21(27)10-7-15-12-20(25)26-33-15)9-8-16-22(28)19(32-23(13)16)11-14-5-4-6-18(29-2)24(14)30-3/h4-6,8-9,11-12H,7,10H2,1-3H3/b19-11-. The molecule has 9 heteroatoms. The molecule has 0 aliphatic carbocycles. The molecule has 0 spiro atoms. The number of allylic oxidation sites excluding steroid dienone is 1. The van der Waals surface area contributed by atoms with Crippen molar-refractivity contribution in [2.45, 2.75) is 19.8 Å². The van der Waals surface area contributed by atoms with Crippen LogP contribution in [-0.4, -0.2) is 31.1 Å². The lowest BCUT2D eigenvalue weighted by atomic mass is 10.1. The molecule has 33 heavy (non-hydrogen) atoms. The number of aryl methyl sites for hydroxylation is 1. The maximum atomic E-state index is 12.9. The number of esters is 1. The number of carbonyl (C=O) groups is 2. The lowest BCUT2D eigenvalue weighted by Gasteiger charge is -2.11. The van der Waals surface area contributed by atoms with Gasteiger partial charge in [0.25, 0.3) is 0 Å². The minimum atomic E-state index is -0.466. The van der Waals surface area contributed by atoms with Gasteiger partial charge in [-0.25, -0.2) is 0 Å². The van der Waals surface area contributed by atoms with Gasteiger partial charge in [0, 0.05) is 23.6 Å². The van der Waals surface area contributed by atoms with Crippen LogP contribution in [0.25, 0.3) is 6.08 Å². The second kappa shape index (κ2) is 9.38. The van der Waals surface area contributed by atoms with Gasteiger partial charge in [0.05, 0.1) is 26.2 Å². The molecular weight excluding hydrogens is 450 g/mol. The molecule has 170 valence electrons. The van der Waals surface area contributed by atoms with E-state index in [-0.39, 0.29) is 23.1 Å². The molecule has 0 radical (unpaired) electrons. The van der Waals surface area contributed by atoms with Crippen LogP contribution in [0.2, 0.25) is 5.15 Å². The van der Waals surface area contributed by atoms with Crippen LogP contribution < -0.4 is 18.9 Å². The molecule has 0 N–H and O–H groups in total. The van der Waals surface area contributed by atoms with Gasteiger partial charge in [-0.2, -0.15) is 0 Å². The number of ether oxygens (including phenoxy) is 4. The summed E-state index contributed by atoms with van der Waals surface area (Å²) in [6.45, 7) is 1.72. The van der Waals surface area contributed by atoms with Crippen LogP contribution in [0, 0.1) is 6.92 Å². The Morgan fingerprint density at radius 2 is 1.97 bits per heavy atom. The number of benzene rings is 2. The maximum absolute atomic E-state index is 12.9. The molecule has 0 saturated heterocycles. The Kier molecular flexibility index (Phi) is 6.37. The number of para-hydroxylation sites is 1. The quantitative estimate of drug-likeness (QED) is 0.276. The summed E-state index contributed by atoms with van der Waals surface area (Å²) in [5, 5.41) is 3.79. The Labute approximate surface area is 194 Å². The van der Waals surface area contributed by atoms with E-state index in [0.717, 1.165) is 0 Å². The first kappa shape index (κ1) is 22.4. The van der Waals surface area contributed by atoms with E-state index in [1.807, 2.05) is 0 Å². The molecule has 0 bridgehead atoms. The van der Waals surface area contributed by atoms with Gasteiger partial charge in [0.2, 0.25) is 5.78 Å². The Balaban J connectivity index is 1.53. The van der Waals surface area contributed by atoms with Gasteiger partial charge in [0.15, 0.2) is 22.4 Å². The number of aromatic nitrogens is 1. The molecule has 1 aromatic heterocycles. The van der Waals surface area contributed by atoms with Crippen molar-refractivity contribution in [3.63, 3.8) is 0 Å². The van der Waals surface area contributed by atoms with Gasteiger partial charge in [-0.15, -0.1) is 0 Å². The van der Waals surface area contributed by atoms with E-state index in [4.69, 9.17) is 35.1 Å². The highest BCUT2D eigenvalue weighted by molar-refractivity contribution is 6.29. The summed E-state index contributed by atoms with van der Waals surface area (Å²) >= 11 is 5.71. The molecule has 0 fully saturated rings. The second-order valence-electron chi connectivity index (χ2n) is 7.18. The van der Waals surface area contributed by atoms with Crippen LogP contribution >= 0.6 is 11.6 Å². The van der Waals surface area contributed by atoms with Crippen LogP contribution in [0.15, 0.2) is 46.7 Å². The van der Waals surface area contributed by atoms with Gasteiger partial charge in [-0.05, 0) is 31.2 Å². The van der Waals surface area contributed by atoms with Crippen LogP contribution in [-0.2, 0) is 11.2 Å². The molecule has 4 rings (SSSR count). The molecule has 0 unspecified atom stereocenters. The minimum Gasteiger partial charge on any atom is -0.493 e. The number of Topliss-reactive ketones (excluding diaryl/α,β-unsaturated/α-hetero) is 1. The molecule has 1 aliphatic heterocycles. The van der Waals surface area contributed by atoms with Gasteiger partial charge < -0.3 is 23.5 Å². The highest BCUT2D eigenvalue weighted by atomic mass is 35.5. The second-order valence-corrected chi connectivity index (χ2v) is 7.57. The van der Waals surface area contributed by atoms with Crippen LogP contribution in [0.5, 0.6) is 23.0 Å². The summed E-state index contributed by atoms with van der Waals surface area (Å²) in [5.74, 6) is 1.55. The summed E-state index contributed by atoms with van der Waals surface area (Å²) in [6.07, 6.45) is 1.97. The average molecular weight is 470 g/mol. The number of rotatable bonds is 7. The van der Waals surface area contributed by atoms with E-state index in [2.05, 4.69) is 5.16 Å². The predicted molar refractivity (Wildman–Crippen MR) is 119 cm³/mol. The van der Waals surface area contributed by atoms with Crippen molar-refractivity contribution in [3.8, 4) is 23.0 Å². The fourth-order valence-electron chi connectivity index (χ4n) is 3.45. The zero-order chi connectivity index (χ0) is 23.5. The number of methoxy groups -OCH3 is 2. The third-order valence-corrected chi connectivity index (χ3v) is 5.26. The summed E-state index contributed by atoms with van der Waals surface area (Å²) < 4.78 is 27.1. The maximum Gasteiger partial charge on any atom is 0.311 e. The number of nitrogens with zero attached hydrogens (tertiary/aromatic N) is 1. The van der Waals surface area contributed by atoms with Crippen molar-refractivity contribution >= 4 is 29.4 Å². The fourth-order valence-corrected chi connectivity index (χ4v) is 3.61. The third kappa shape index (κ3) is 4.56. The molecular formula is C24H20ClNO7. The Hall–Kier alpha value is -3.78. The smallest absolute Gasteiger partial charge is 0.311 e. The van der Waals surface area contributed by atoms with Crippen LogP contribution in [0.4, 0.5) is 0 Å². The monoisotopic (exact) mass is 469 g/mol. The van der Waals surface area contributed by atoms with Crippen molar-refractivity contribution in [2.24, 2.45) is 0 Å². The van der Waals surface area contributed by atoms with Gasteiger partial charge in [-0.1, -0.05) is 28.9 Å². The number of carbonyl (C=O) groups excluding carboxylic acids is 2. The van der Waals surface area contributed by atoms with E-state index in [1.54, 1.807) is 49.4 Å². The minimum absolute atomic E-state index is 0.0720. The van der Waals surface area contributed by atoms with E-state index < -0.39 is 5.97 Å². The van der Waals surface area contributed by atoms with Crippen molar-refractivity contribution in [1.29, 1.82) is 0 Å². The van der Waals surface area contributed by atoms with Gasteiger partial charge in [-0.3, -0.25) is 9.59 Å². The number of halogens is 1. The first-order valence-electron chi connectivity index (χ1n) is 10.0. The van der Waals surface area contributed by atoms with E-state index in [9.17, 15) is 9.59 Å². The first-order chi connectivity index (χ1) is 15.9. The predicted octanol–water partition coefficient (Wildman–Crippen LogP) is 4.81. The first-order valence-corrected chi connectivity index (χ1v) is 10.4. The van der Waals surface area contributed by atoms with Crippen LogP contribution in [0.1, 0.15) is 33.7 Å². The molecule has 1 aliphatic rings. The summed E-state index contributed by atoms with van der Waals surface area (Å²) in [5.41, 5.74) is 1.56. The topological polar surface area (TPSA) is 97.1 Å². The Morgan fingerprint density at radius 3 is 2.67 bits per heavy atom. The number of hydrogen-bond acceptors (Lipinski definition) is 8. The van der Waals surface area contributed by atoms with E-state index >= 15 is 0 Å². The normalized spacial score (nSPS) is 13.6. The van der Waals surface area contributed by atoms with Crippen molar-refractivity contribution in [2.75, 3.05) is 14.2 Å². The van der Waals surface area contributed by atoms with Gasteiger partial charge in [0.1, 0.15) is 17.3 Å². The number of fused-ring (bicyclic) bond motifs is 1. The number of hydrogen-bond donors (Lipinski definition) is 0. The molecule has 8 nitrogen and oxygen atoms in total. The van der Waals surface area contributed by atoms with Crippen molar-refractivity contribution in [1.82, 2.24) is 5.16 Å². The average Bonchev–Trinajstić information content (AvgIpc) is 3.37. The highest BCUT2D eigenvalue weighted by Gasteiger charge is 2.31. The summed E-state index contributed by atoms with van der Waals surface area (Å²) in [4.78, 5) is 25.2. The van der Waals surface area contributed by atoms with Crippen LogP contribution in [0.3, 0.4) is 0 Å². The Morgan fingerprint density at radius 1 is 1.15 bits per heavy atom. The summed E-state index contributed by atoms with van der Waals surface area (Å²) in [7, 11) is 3.06. The fraction of sp³-hybridized carbons (Fsp3) is 0.208. The van der Waals surface area contributed by atoms with Gasteiger partial charge >= 0.3 is 5.97 Å². The summed E-state index contributed by atoms with van der Waals surface area (Å²) in [6, 6.07) is 10.0. The molecule has 0 atom stereocenters. The van der Waals surface area contributed by atoms with Crippen molar-refractivity contribution in [3.05, 3.63) is 69.8 Å². The third-order valence-electron chi connectivity index (χ3n) is 5.09. The highest BCUT2D eigenvalue weighted by Crippen LogP contribution is 2.40. The molecule has 2 aromatic carbocycles. The lowest BCUT2D eigenvalue weighted by molar-refractivity contribution is -0.134. The Bertz CT molecular complexity index is 1260. The largest absolute Gasteiger partial charge is 0.493 e. The SMILES string of the molecule is COc1cccc(/C=C2\Oc3c(ccc(OC(=O)CCc4cc(Cl)no4)c3C)C2=O)c1OC. The molecule has 0 amide bonds. The molecule has 3 aromatic rings. The zero-order valence-electron chi connectivity index (χ0n) is 18.1. The lowest BCUT2D eigenvalue weighted by Crippen LogP contribution is -2.10.